The molecule has 8 heteroatoms. The van der Waals surface area contributed by atoms with Crippen LogP contribution in [0.5, 0.6) is 0 Å². The number of amides is 1. The van der Waals surface area contributed by atoms with Crippen LogP contribution in [0, 0.1) is 10.1 Å². The number of nitrogens with zero attached hydrogens (tertiary/aromatic N) is 4. The largest absolute Gasteiger partial charge is 0.342 e. The number of hydrogen-bond acceptors (Lipinski definition) is 5. The van der Waals surface area contributed by atoms with Crippen molar-refractivity contribution in [2.24, 2.45) is 0 Å². The Balaban J connectivity index is 1.61. The van der Waals surface area contributed by atoms with E-state index >= 15 is 0 Å². The van der Waals surface area contributed by atoms with Gasteiger partial charge in [0.25, 0.3) is 5.69 Å². The standard InChI is InChI=1S/C23H24N4O3S/c28-22(25-12-5-2-6-13-25)17-31-23-24-15-21(19-10-7-11-20(14-19)27(29)30)26(23)16-18-8-3-1-4-9-18/h1,3-4,7-11,14-15H,2,5-6,12-13,16-17H2. The fourth-order valence-electron chi connectivity index (χ4n) is 3.76. The van der Waals surface area contributed by atoms with E-state index in [1.54, 1.807) is 18.3 Å². The number of aromatic nitrogens is 2. The fourth-order valence-corrected chi connectivity index (χ4v) is 4.64. The van der Waals surface area contributed by atoms with E-state index in [1.165, 1.54) is 24.2 Å². The van der Waals surface area contributed by atoms with E-state index in [4.69, 9.17) is 0 Å². The van der Waals surface area contributed by atoms with Gasteiger partial charge in [-0.2, -0.15) is 0 Å². The Morgan fingerprint density at radius 2 is 1.84 bits per heavy atom. The van der Waals surface area contributed by atoms with Crippen LogP contribution in [0.1, 0.15) is 24.8 Å². The van der Waals surface area contributed by atoms with E-state index in [-0.39, 0.29) is 11.6 Å². The Labute approximate surface area is 185 Å². The van der Waals surface area contributed by atoms with Crippen LogP contribution in [0.4, 0.5) is 5.69 Å². The molecule has 0 aliphatic carbocycles. The molecule has 2 aromatic carbocycles. The zero-order valence-electron chi connectivity index (χ0n) is 17.1. The van der Waals surface area contributed by atoms with Crippen LogP contribution in [0.15, 0.2) is 66.0 Å². The summed E-state index contributed by atoms with van der Waals surface area (Å²) in [7, 11) is 0. The van der Waals surface area contributed by atoms with Crippen molar-refractivity contribution in [2.75, 3.05) is 18.8 Å². The molecule has 0 bridgehead atoms. The quantitative estimate of drug-likeness (QED) is 0.307. The Hall–Kier alpha value is -3.13. The predicted molar refractivity (Wildman–Crippen MR) is 121 cm³/mol. The second kappa shape index (κ2) is 9.78. The van der Waals surface area contributed by atoms with Gasteiger partial charge < -0.3 is 9.47 Å². The van der Waals surface area contributed by atoms with Crippen LogP contribution in [-0.2, 0) is 11.3 Å². The minimum atomic E-state index is -0.394. The topological polar surface area (TPSA) is 81.3 Å². The lowest BCUT2D eigenvalue weighted by Gasteiger charge is -2.26. The lowest BCUT2D eigenvalue weighted by Crippen LogP contribution is -2.36. The molecular formula is C23H24N4O3S. The number of imidazole rings is 1. The van der Waals surface area contributed by atoms with Crippen LogP contribution in [0.25, 0.3) is 11.3 Å². The molecule has 0 spiro atoms. The number of non-ortho nitro benzene ring substituents is 1. The van der Waals surface area contributed by atoms with Crippen LogP contribution in [0.2, 0.25) is 0 Å². The number of piperidine rings is 1. The third-order valence-corrected chi connectivity index (χ3v) is 6.36. The predicted octanol–water partition coefficient (Wildman–Crippen LogP) is 4.61. The minimum absolute atomic E-state index is 0.0411. The molecule has 7 nitrogen and oxygen atoms in total. The first-order chi connectivity index (χ1) is 15.1. The van der Waals surface area contributed by atoms with Gasteiger partial charge in [-0.3, -0.25) is 14.9 Å². The van der Waals surface area contributed by atoms with E-state index in [2.05, 4.69) is 4.98 Å². The Morgan fingerprint density at radius 3 is 2.58 bits per heavy atom. The first kappa shape index (κ1) is 21.1. The Bertz CT molecular complexity index is 1060. The molecule has 2 heterocycles. The van der Waals surface area contributed by atoms with E-state index in [0.29, 0.717) is 12.3 Å². The maximum absolute atomic E-state index is 12.6. The Morgan fingerprint density at radius 1 is 1.06 bits per heavy atom. The van der Waals surface area contributed by atoms with Crippen molar-refractivity contribution < 1.29 is 9.72 Å². The van der Waals surface area contributed by atoms with Crippen molar-refractivity contribution in [1.29, 1.82) is 0 Å². The van der Waals surface area contributed by atoms with E-state index < -0.39 is 4.92 Å². The third-order valence-electron chi connectivity index (χ3n) is 5.39. The molecule has 1 aliphatic heterocycles. The fraction of sp³-hybridized carbons (Fsp3) is 0.304. The van der Waals surface area contributed by atoms with Gasteiger partial charge >= 0.3 is 0 Å². The number of carbonyl (C=O) groups excluding carboxylic acids is 1. The normalized spacial score (nSPS) is 13.9. The summed E-state index contributed by atoms with van der Waals surface area (Å²) in [6, 6.07) is 16.6. The third kappa shape index (κ3) is 5.14. The maximum Gasteiger partial charge on any atom is 0.270 e. The average molecular weight is 437 g/mol. The number of carbonyl (C=O) groups is 1. The van der Waals surface area contributed by atoms with Crippen LogP contribution in [-0.4, -0.2) is 44.1 Å². The molecule has 0 saturated carbocycles. The van der Waals surface area contributed by atoms with Gasteiger partial charge in [0.1, 0.15) is 0 Å². The summed E-state index contributed by atoms with van der Waals surface area (Å²) in [5.41, 5.74) is 2.66. The first-order valence-corrected chi connectivity index (χ1v) is 11.4. The highest BCUT2D eigenvalue weighted by Gasteiger charge is 2.20. The van der Waals surface area contributed by atoms with Crippen LogP contribution < -0.4 is 0 Å². The number of thioether (sulfide) groups is 1. The zero-order valence-corrected chi connectivity index (χ0v) is 18.0. The highest BCUT2D eigenvalue weighted by atomic mass is 32.2. The van der Waals surface area contributed by atoms with Crippen molar-refractivity contribution in [3.05, 3.63) is 76.5 Å². The molecule has 31 heavy (non-hydrogen) atoms. The van der Waals surface area contributed by atoms with Crippen molar-refractivity contribution in [2.45, 2.75) is 31.0 Å². The highest BCUT2D eigenvalue weighted by molar-refractivity contribution is 7.99. The number of nitro benzene ring substituents is 1. The lowest BCUT2D eigenvalue weighted by atomic mass is 10.1. The van der Waals surface area contributed by atoms with Gasteiger partial charge in [-0.25, -0.2) is 4.98 Å². The van der Waals surface area contributed by atoms with Crippen molar-refractivity contribution in [3.63, 3.8) is 0 Å². The summed E-state index contributed by atoms with van der Waals surface area (Å²) in [6.45, 7) is 2.23. The molecule has 160 valence electrons. The average Bonchev–Trinajstić information content (AvgIpc) is 3.21. The van der Waals surface area contributed by atoms with Crippen molar-refractivity contribution in [3.8, 4) is 11.3 Å². The molecule has 0 unspecified atom stereocenters. The summed E-state index contributed by atoms with van der Waals surface area (Å²) in [5.74, 6) is 0.469. The summed E-state index contributed by atoms with van der Waals surface area (Å²) in [5, 5.41) is 12.0. The van der Waals surface area contributed by atoms with E-state index in [0.717, 1.165) is 47.9 Å². The Kier molecular flexibility index (Phi) is 6.66. The van der Waals surface area contributed by atoms with Gasteiger partial charge in [0.2, 0.25) is 5.91 Å². The second-order valence-corrected chi connectivity index (χ2v) is 8.48. The molecule has 3 aromatic rings. The molecular weight excluding hydrogens is 412 g/mol. The van der Waals surface area contributed by atoms with E-state index in [9.17, 15) is 14.9 Å². The van der Waals surface area contributed by atoms with Crippen LogP contribution in [0.3, 0.4) is 0 Å². The van der Waals surface area contributed by atoms with Gasteiger partial charge in [-0.1, -0.05) is 54.2 Å². The molecule has 0 N–H and O–H groups in total. The lowest BCUT2D eigenvalue weighted by molar-refractivity contribution is -0.384. The SMILES string of the molecule is O=C(CSc1ncc(-c2cccc([N+](=O)[O-])c2)n1Cc1ccccc1)N1CCCCC1. The number of nitro groups is 1. The first-order valence-electron chi connectivity index (χ1n) is 10.4. The summed E-state index contributed by atoms with van der Waals surface area (Å²) < 4.78 is 2.03. The summed E-state index contributed by atoms with van der Waals surface area (Å²) >= 11 is 1.42. The zero-order chi connectivity index (χ0) is 21.6. The van der Waals surface area contributed by atoms with Gasteiger partial charge in [0, 0.05) is 30.8 Å². The maximum atomic E-state index is 12.6. The summed E-state index contributed by atoms with van der Waals surface area (Å²) in [6.07, 6.45) is 5.05. The molecule has 1 saturated heterocycles. The van der Waals surface area contributed by atoms with Crippen molar-refractivity contribution in [1.82, 2.24) is 14.5 Å². The summed E-state index contributed by atoms with van der Waals surface area (Å²) in [4.78, 5) is 30.0. The number of likely N-dealkylation sites (tertiary alicyclic amines) is 1. The molecule has 0 radical (unpaired) electrons. The number of rotatable bonds is 7. The van der Waals surface area contributed by atoms with Gasteiger partial charge in [0.05, 0.1) is 29.1 Å². The molecule has 1 aromatic heterocycles. The van der Waals surface area contributed by atoms with Gasteiger partial charge in [0.15, 0.2) is 5.16 Å². The molecule has 4 rings (SSSR count). The smallest absolute Gasteiger partial charge is 0.270 e. The van der Waals surface area contributed by atoms with Crippen LogP contribution >= 0.6 is 11.8 Å². The van der Waals surface area contributed by atoms with Gasteiger partial charge in [-0.15, -0.1) is 0 Å². The highest BCUT2D eigenvalue weighted by Crippen LogP contribution is 2.29. The monoisotopic (exact) mass is 436 g/mol. The number of benzene rings is 2. The number of hydrogen-bond donors (Lipinski definition) is 0. The minimum Gasteiger partial charge on any atom is -0.342 e. The molecule has 0 atom stereocenters. The second-order valence-electron chi connectivity index (χ2n) is 7.54. The van der Waals surface area contributed by atoms with E-state index in [1.807, 2.05) is 45.9 Å². The molecule has 1 fully saturated rings. The molecule has 1 amide bonds. The molecule has 1 aliphatic rings. The van der Waals surface area contributed by atoms with Gasteiger partial charge in [-0.05, 0) is 24.8 Å². The van der Waals surface area contributed by atoms with Crippen molar-refractivity contribution >= 4 is 23.4 Å².